The van der Waals surface area contributed by atoms with Crippen LogP contribution in [-0.2, 0) is 11.8 Å². The van der Waals surface area contributed by atoms with Gasteiger partial charge in [-0.2, -0.15) is 5.26 Å². The summed E-state index contributed by atoms with van der Waals surface area (Å²) < 4.78 is 1.25. The molecule has 34 heavy (non-hydrogen) atoms. The van der Waals surface area contributed by atoms with Gasteiger partial charge >= 0.3 is 0 Å². The van der Waals surface area contributed by atoms with E-state index in [9.17, 15) is 5.26 Å². The highest BCUT2D eigenvalue weighted by atomic mass is 15.4. The van der Waals surface area contributed by atoms with Crippen LogP contribution in [0, 0.1) is 17.2 Å². The smallest absolute Gasteiger partial charge is 0.107 e. The molecule has 0 N–H and O–H groups in total. The van der Waals surface area contributed by atoms with Gasteiger partial charge in [-0.05, 0) is 35.4 Å². The maximum absolute atomic E-state index is 10.6. The first kappa shape index (κ1) is 22.9. The van der Waals surface area contributed by atoms with E-state index in [0.717, 1.165) is 29.6 Å². The molecule has 0 aliphatic carbocycles. The highest BCUT2D eigenvalue weighted by Crippen LogP contribution is 2.48. The molecule has 0 radical (unpaired) electrons. The summed E-state index contributed by atoms with van der Waals surface area (Å²) in [5, 5.41) is 10.6. The van der Waals surface area contributed by atoms with E-state index in [-0.39, 0.29) is 0 Å². The summed E-state index contributed by atoms with van der Waals surface area (Å²) in [6.45, 7) is 1.28. The van der Waals surface area contributed by atoms with Crippen LogP contribution in [0.1, 0.15) is 55.2 Å². The lowest BCUT2D eigenvalue weighted by molar-refractivity contribution is -0.949. The van der Waals surface area contributed by atoms with Crippen molar-refractivity contribution in [3.63, 3.8) is 0 Å². The summed E-state index contributed by atoms with van der Waals surface area (Å²) in [7, 11) is 2.52. The van der Waals surface area contributed by atoms with Crippen LogP contribution in [0.2, 0.25) is 0 Å². The third-order valence-corrected chi connectivity index (χ3v) is 8.98. The molecule has 2 nitrogen and oxygen atoms in total. The number of nitriles is 1. The lowest BCUT2D eigenvalue weighted by Crippen LogP contribution is -2.58. The Morgan fingerprint density at radius 2 is 1.29 bits per heavy atom. The van der Waals surface area contributed by atoms with Crippen molar-refractivity contribution >= 4 is 0 Å². The molecule has 0 aromatic heterocycles. The van der Waals surface area contributed by atoms with Gasteiger partial charge in [0.05, 0.1) is 31.7 Å². The molecule has 174 valence electrons. The van der Waals surface area contributed by atoms with Crippen LogP contribution in [0.5, 0.6) is 0 Å². The number of aryl methyl sites for hydroxylation is 1. The van der Waals surface area contributed by atoms with Gasteiger partial charge in [-0.25, -0.2) is 0 Å². The molecule has 2 heterocycles. The van der Waals surface area contributed by atoms with E-state index >= 15 is 0 Å². The molecule has 4 atom stereocenters. The topological polar surface area (TPSA) is 23.8 Å². The second kappa shape index (κ2) is 9.77. The predicted octanol–water partition coefficient (Wildman–Crippen LogP) is 6.91. The molecular formula is C32H37N2+. The Morgan fingerprint density at radius 1 is 0.794 bits per heavy atom. The molecule has 2 heteroatoms. The summed E-state index contributed by atoms with van der Waals surface area (Å²) in [6.07, 6.45) is 8.56. The van der Waals surface area contributed by atoms with E-state index in [1.165, 1.54) is 55.1 Å². The summed E-state index contributed by atoms with van der Waals surface area (Å²) in [5.41, 5.74) is 3.17. The summed E-state index contributed by atoms with van der Waals surface area (Å²) in [4.78, 5) is 0. The maximum Gasteiger partial charge on any atom is 0.107 e. The SMILES string of the molecule is C[N+]1(CCCc2ccccc2)[C@@H]2CC[C@H]1C[C@@H](CC(C#N)(c1ccccc1)c1ccccc1)C2. The second-order valence-electron chi connectivity index (χ2n) is 10.8. The highest BCUT2D eigenvalue weighted by molar-refractivity contribution is 5.46. The van der Waals surface area contributed by atoms with Gasteiger partial charge in [0.25, 0.3) is 0 Å². The molecule has 3 aromatic carbocycles. The number of rotatable bonds is 8. The Kier molecular flexibility index (Phi) is 6.57. The van der Waals surface area contributed by atoms with E-state index in [1.807, 2.05) is 0 Å². The van der Waals surface area contributed by atoms with Crippen LogP contribution in [0.3, 0.4) is 0 Å². The number of fused-ring (bicyclic) bond motifs is 2. The van der Waals surface area contributed by atoms with Crippen molar-refractivity contribution in [1.29, 1.82) is 5.26 Å². The normalized spacial score (nSPS) is 26.2. The number of hydrogen-bond acceptors (Lipinski definition) is 1. The van der Waals surface area contributed by atoms with Crippen LogP contribution < -0.4 is 0 Å². The molecule has 2 saturated heterocycles. The van der Waals surface area contributed by atoms with Crippen molar-refractivity contribution in [2.75, 3.05) is 13.6 Å². The van der Waals surface area contributed by atoms with Crippen molar-refractivity contribution < 1.29 is 4.48 Å². The van der Waals surface area contributed by atoms with Gasteiger partial charge in [-0.15, -0.1) is 0 Å². The lowest BCUT2D eigenvalue weighted by Gasteiger charge is -2.48. The lowest BCUT2D eigenvalue weighted by atomic mass is 9.67. The van der Waals surface area contributed by atoms with E-state index in [1.54, 1.807) is 0 Å². The first-order chi connectivity index (χ1) is 16.6. The number of nitrogens with zero attached hydrogens (tertiary/aromatic N) is 2. The molecular weight excluding hydrogens is 412 g/mol. The van der Waals surface area contributed by atoms with E-state index in [4.69, 9.17) is 0 Å². The van der Waals surface area contributed by atoms with Crippen molar-refractivity contribution in [3.05, 3.63) is 108 Å². The summed E-state index contributed by atoms with van der Waals surface area (Å²) in [5.74, 6) is 0.595. The minimum absolute atomic E-state index is 0.569. The maximum atomic E-state index is 10.6. The number of hydrogen-bond donors (Lipinski definition) is 0. The minimum atomic E-state index is -0.569. The predicted molar refractivity (Wildman–Crippen MR) is 139 cm³/mol. The zero-order chi connectivity index (χ0) is 23.4. The van der Waals surface area contributed by atoms with Gasteiger partial charge in [0.1, 0.15) is 5.41 Å². The molecule has 2 aliphatic rings. The Balaban J connectivity index is 1.33. The first-order valence-electron chi connectivity index (χ1n) is 13.1. The fourth-order valence-corrected chi connectivity index (χ4v) is 7.11. The van der Waals surface area contributed by atoms with E-state index in [0.29, 0.717) is 5.92 Å². The van der Waals surface area contributed by atoms with Crippen LogP contribution in [0.15, 0.2) is 91.0 Å². The zero-order valence-electron chi connectivity index (χ0n) is 20.4. The Bertz CT molecular complexity index is 1050. The monoisotopic (exact) mass is 449 g/mol. The van der Waals surface area contributed by atoms with Crippen molar-refractivity contribution in [2.45, 2.75) is 62.4 Å². The van der Waals surface area contributed by atoms with Gasteiger partial charge in [0, 0.05) is 32.1 Å². The molecule has 1 unspecified atom stereocenters. The fraction of sp³-hybridized carbons (Fsp3) is 0.406. The molecule has 0 amide bonds. The van der Waals surface area contributed by atoms with Gasteiger partial charge in [-0.3, -0.25) is 0 Å². The second-order valence-corrected chi connectivity index (χ2v) is 10.8. The van der Waals surface area contributed by atoms with Gasteiger partial charge in [0.2, 0.25) is 0 Å². The van der Waals surface area contributed by atoms with Crippen LogP contribution in [0.4, 0.5) is 0 Å². The third-order valence-electron chi connectivity index (χ3n) is 8.98. The zero-order valence-corrected chi connectivity index (χ0v) is 20.4. The Labute approximate surface area is 205 Å². The van der Waals surface area contributed by atoms with Gasteiger partial charge in [0.15, 0.2) is 0 Å². The first-order valence-corrected chi connectivity index (χ1v) is 13.1. The van der Waals surface area contributed by atoms with Crippen LogP contribution in [-0.4, -0.2) is 30.2 Å². The van der Waals surface area contributed by atoms with Gasteiger partial charge < -0.3 is 4.48 Å². The Hall–Kier alpha value is -2.89. The van der Waals surface area contributed by atoms with Gasteiger partial charge in [-0.1, -0.05) is 91.0 Å². The standard InChI is InChI=1S/C32H37N2/c1-34(21-11-14-26-12-5-2-6-13-26)30-19-20-31(34)23-27(22-30)24-32(25-33,28-15-7-3-8-16-28)29-17-9-4-10-18-29/h2-10,12-13,15-18,27,30-31H,11,14,19-24H2,1H3/q+1/t27-,30+,31-,34?. The molecule has 5 rings (SSSR count). The summed E-state index contributed by atoms with van der Waals surface area (Å²) in [6, 6.07) is 36.2. The fourth-order valence-electron chi connectivity index (χ4n) is 7.11. The van der Waals surface area contributed by atoms with E-state index in [2.05, 4.69) is 104 Å². The molecule has 2 aliphatic heterocycles. The number of benzene rings is 3. The van der Waals surface area contributed by atoms with Crippen LogP contribution in [0.25, 0.3) is 0 Å². The number of quaternary nitrogens is 1. The van der Waals surface area contributed by atoms with Crippen molar-refractivity contribution in [3.8, 4) is 6.07 Å². The average Bonchev–Trinajstić information content (AvgIpc) is 3.05. The molecule has 3 aromatic rings. The minimum Gasteiger partial charge on any atom is -0.321 e. The summed E-state index contributed by atoms with van der Waals surface area (Å²) >= 11 is 0. The third kappa shape index (κ3) is 4.30. The molecule has 2 fully saturated rings. The number of piperidine rings is 1. The largest absolute Gasteiger partial charge is 0.321 e. The van der Waals surface area contributed by atoms with Crippen LogP contribution >= 0.6 is 0 Å². The van der Waals surface area contributed by atoms with Crippen molar-refractivity contribution in [2.24, 2.45) is 5.92 Å². The van der Waals surface area contributed by atoms with E-state index < -0.39 is 5.41 Å². The quantitative estimate of drug-likeness (QED) is 0.343. The highest BCUT2D eigenvalue weighted by Gasteiger charge is 2.52. The molecule has 2 bridgehead atoms. The molecule has 0 spiro atoms. The van der Waals surface area contributed by atoms with Crippen molar-refractivity contribution in [1.82, 2.24) is 0 Å². The molecule has 0 saturated carbocycles. The average molecular weight is 450 g/mol. The Morgan fingerprint density at radius 3 is 1.79 bits per heavy atom.